The quantitative estimate of drug-likeness (QED) is 0.832. The first-order chi connectivity index (χ1) is 8.40. The number of aryl methyl sites for hydroxylation is 2. The lowest BCUT2D eigenvalue weighted by atomic mass is 10.1. The monoisotopic (exact) mass is 250 g/mol. The summed E-state index contributed by atoms with van der Waals surface area (Å²) in [5.74, 6) is 0.552. The Hall–Kier alpha value is -1.55. The molecule has 0 bridgehead atoms. The maximum Gasteiger partial charge on any atom is 0.234 e. The van der Waals surface area contributed by atoms with E-state index in [2.05, 4.69) is 6.07 Å². The number of ether oxygens (including phenoxy) is 1. The van der Waals surface area contributed by atoms with Crippen LogP contribution >= 0.6 is 0 Å². The summed E-state index contributed by atoms with van der Waals surface area (Å²) >= 11 is 0. The molecule has 0 heterocycles. The number of nitrogens with two attached hydrogens (primary N) is 1. The van der Waals surface area contributed by atoms with Gasteiger partial charge in [-0.25, -0.2) is 0 Å². The molecular formula is C14H22N2O2. The van der Waals surface area contributed by atoms with Gasteiger partial charge in [-0.15, -0.1) is 0 Å². The van der Waals surface area contributed by atoms with Crippen LogP contribution in [-0.2, 0) is 4.79 Å². The Morgan fingerprint density at radius 1 is 1.33 bits per heavy atom. The second kappa shape index (κ2) is 6.40. The largest absolute Gasteiger partial charge is 0.492 e. The number of hydrogen-bond acceptors (Lipinski definition) is 3. The number of carbonyl (C=O) groups is 1. The number of hydrogen-bond donors (Lipinski definition) is 1. The summed E-state index contributed by atoms with van der Waals surface area (Å²) in [6.45, 7) is 7.08. The van der Waals surface area contributed by atoms with Gasteiger partial charge in [0.25, 0.3) is 0 Å². The molecule has 0 saturated carbocycles. The molecule has 1 atom stereocenters. The van der Waals surface area contributed by atoms with Gasteiger partial charge in [-0.05, 0) is 51.1 Å². The first kappa shape index (κ1) is 14.5. The van der Waals surface area contributed by atoms with Gasteiger partial charge in [0.2, 0.25) is 5.91 Å². The minimum absolute atomic E-state index is 0.271. The number of primary amides is 1. The Kier molecular flexibility index (Phi) is 5.16. The molecule has 0 fully saturated rings. The zero-order valence-electron chi connectivity index (χ0n) is 11.6. The molecule has 1 unspecified atom stereocenters. The van der Waals surface area contributed by atoms with E-state index in [1.165, 1.54) is 11.1 Å². The first-order valence-corrected chi connectivity index (χ1v) is 6.11. The predicted octanol–water partition coefficient (Wildman–Crippen LogP) is 1.49. The maximum atomic E-state index is 11.0. The third-order valence-electron chi connectivity index (χ3n) is 2.98. The van der Waals surface area contributed by atoms with E-state index in [9.17, 15) is 4.79 Å². The van der Waals surface area contributed by atoms with Crippen LogP contribution in [0.15, 0.2) is 18.2 Å². The third-order valence-corrected chi connectivity index (χ3v) is 2.98. The highest BCUT2D eigenvalue weighted by Gasteiger charge is 2.14. The van der Waals surface area contributed by atoms with Crippen molar-refractivity contribution in [3.63, 3.8) is 0 Å². The van der Waals surface area contributed by atoms with Crippen molar-refractivity contribution in [2.45, 2.75) is 26.8 Å². The van der Waals surface area contributed by atoms with Crippen molar-refractivity contribution in [1.82, 2.24) is 4.90 Å². The van der Waals surface area contributed by atoms with Crippen LogP contribution in [-0.4, -0.2) is 37.0 Å². The molecule has 0 spiro atoms. The van der Waals surface area contributed by atoms with Crippen molar-refractivity contribution in [2.24, 2.45) is 5.73 Å². The van der Waals surface area contributed by atoms with Crippen molar-refractivity contribution in [1.29, 1.82) is 0 Å². The summed E-state index contributed by atoms with van der Waals surface area (Å²) in [5.41, 5.74) is 7.61. The van der Waals surface area contributed by atoms with Crippen LogP contribution < -0.4 is 10.5 Å². The van der Waals surface area contributed by atoms with E-state index in [1.54, 1.807) is 6.92 Å². The highest BCUT2D eigenvalue weighted by molar-refractivity contribution is 5.79. The average molecular weight is 250 g/mol. The molecule has 0 radical (unpaired) electrons. The third kappa shape index (κ3) is 4.37. The second-order valence-corrected chi connectivity index (χ2v) is 4.73. The van der Waals surface area contributed by atoms with Gasteiger partial charge in [0.15, 0.2) is 0 Å². The van der Waals surface area contributed by atoms with Crippen LogP contribution in [0.3, 0.4) is 0 Å². The number of amides is 1. The average Bonchev–Trinajstić information content (AvgIpc) is 2.26. The molecule has 1 amide bonds. The molecule has 4 nitrogen and oxygen atoms in total. The van der Waals surface area contributed by atoms with Gasteiger partial charge in [-0.2, -0.15) is 0 Å². The Balaban J connectivity index is 2.44. The van der Waals surface area contributed by atoms with Gasteiger partial charge in [-0.1, -0.05) is 6.07 Å². The van der Waals surface area contributed by atoms with Crippen LogP contribution in [0.25, 0.3) is 0 Å². The normalized spacial score (nSPS) is 12.5. The van der Waals surface area contributed by atoms with Gasteiger partial charge < -0.3 is 10.5 Å². The SMILES string of the molecule is Cc1cc(C)cc(OCCN(C)C(C)C(N)=O)c1. The Morgan fingerprint density at radius 2 is 1.89 bits per heavy atom. The Labute approximate surface area is 109 Å². The van der Waals surface area contributed by atoms with Gasteiger partial charge >= 0.3 is 0 Å². The van der Waals surface area contributed by atoms with Crippen molar-refractivity contribution >= 4 is 5.91 Å². The van der Waals surface area contributed by atoms with E-state index in [-0.39, 0.29) is 11.9 Å². The molecule has 1 rings (SSSR count). The van der Waals surface area contributed by atoms with E-state index in [0.29, 0.717) is 13.2 Å². The Morgan fingerprint density at radius 3 is 2.39 bits per heavy atom. The van der Waals surface area contributed by atoms with E-state index < -0.39 is 0 Å². The summed E-state index contributed by atoms with van der Waals surface area (Å²) in [6.07, 6.45) is 0. The van der Waals surface area contributed by atoms with E-state index in [1.807, 2.05) is 37.9 Å². The van der Waals surface area contributed by atoms with Gasteiger partial charge in [0.05, 0.1) is 6.04 Å². The number of carbonyl (C=O) groups excluding carboxylic acids is 1. The summed E-state index contributed by atoms with van der Waals surface area (Å²) in [5, 5.41) is 0. The van der Waals surface area contributed by atoms with Crippen LogP contribution in [0, 0.1) is 13.8 Å². The lowest BCUT2D eigenvalue weighted by molar-refractivity contribution is -0.122. The van der Waals surface area contributed by atoms with E-state index in [4.69, 9.17) is 10.5 Å². The predicted molar refractivity (Wildman–Crippen MR) is 72.7 cm³/mol. The van der Waals surface area contributed by atoms with Gasteiger partial charge in [-0.3, -0.25) is 9.69 Å². The standard InChI is InChI=1S/C14H22N2O2/c1-10-7-11(2)9-13(8-10)18-6-5-16(4)12(3)14(15)17/h7-9,12H,5-6H2,1-4H3,(H2,15,17). The number of nitrogens with zero attached hydrogens (tertiary/aromatic N) is 1. The molecule has 18 heavy (non-hydrogen) atoms. The topological polar surface area (TPSA) is 55.6 Å². The van der Waals surface area contributed by atoms with E-state index >= 15 is 0 Å². The van der Waals surface area contributed by atoms with E-state index in [0.717, 1.165) is 5.75 Å². The molecule has 0 aromatic heterocycles. The minimum atomic E-state index is -0.316. The second-order valence-electron chi connectivity index (χ2n) is 4.73. The lowest BCUT2D eigenvalue weighted by Gasteiger charge is -2.21. The number of likely N-dealkylation sites (N-methyl/N-ethyl adjacent to an activating group) is 1. The molecule has 0 aliphatic heterocycles. The first-order valence-electron chi connectivity index (χ1n) is 6.11. The Bertz CT molecular complexity index is 398. The smallest absolute Gasteiger partial charge is 0.234 e. The molecule has 2 N–H and O–H groups in total. The highest BCUT2D eigenvalue weighted by atomic mass is 16.5. The molecular weight excluding hydrogens is 228 g/mol. The van der Waals surface area contributed by atoms with Crippen LogP contribution in [0.2, 0.25) is 0 Å². The molecule has 1 aromatic carbocycles. The summed E-state index contributed by atoms with van der Waals surface area (Å²) in [6, 6.07) is 5.84. The van der Waals surface area contributed by atoms with Crippen molar-refractivity contribution in [3.05, 3.63) is 29.3 Å². The molecule has 4 heteroatoms. The molecule has 0 aliphatic rings. The van der Waals surface area contributed by atoms with Crippen molar-refractivity contribution in [3.8, 4) is 5.75 Å². The molecule has 100 valence electrons. The number of rotatable bonds is 6. The fourth-order valence-corrected chi connectivity index (χ4v) is 1.73. The van der Waals surface area contributed by atoms with Gasteiger partial charge in [0, 0.05) is 6.54 Å². The zero-order chi connectivity index (χ0) is 13.7. The van der Waals surface area contributed by atoms with Gasteiger partial charge in [0.1, 0.15) is 12.4 Å². The summed E-state index contributed by atoms with van der Waals surface area (Å²) in [4.78, 5) is 12.9. The van der Waals surface area contributed by atoms with Crippen LogP contribution in [0.1, 0.15) is 18.1 Å². The minimum Gasteiger partial charge on any atom is -0.492 e. The summed E-state index contributed by atoms with van der Waals surface area (Å²) < 4.78 is 5.67. The zero-order valence-corrected chi connectivity index (χ0v) is 11.6. The highest BCUT2D eigenvalue weighted by Crippen LogP contribution is 2.16. The van der Waals surface area contributed by atoms with Crippen LogP contribution in [0.4, 0.5) is 0 Å². The lowest BCUT2D eigenvalue weighted by Crippen LogP contribution is -2.42. The van der Waals surface area contributed by atoms with Crippen molar-refractivity contribution in [2.75, 3.05) is 20.2 Å². The van der Waals surface area contributed by atoms with Crippen LogP contribution in [0.5, 0.6) is 5.75 Å². The summed E-state index contributed by atoms with van der Waals surface area (Å²) in [7, 11) is 1.86. The number of benzene rings is 1. The fraction of sp³-hybridized carbons (Fsp3) is 0.500. The molecule has 0 saturated heterocycles. The van der Waals surface area contributed by atoms with Crippen molar-refractivity contribution < 1.29 is 9.53 Å². The molecule has 1 aromatic rings. The maximum absolute atomic E-state index is 11.0. The fourth-order valence-electron chi connectivity index (χ4n) is 1.73. The molecule has 0 aliphatic carbocycles.